The molecule has 0 saturated carbocycles. The number of thioether (sulfide) groups is 1. The standard InChI is InChI=1S/C14H16ClNO3S3/c1-10(20-2)8-14-16(6-3-7-22(17,18)19)12-9-11(15)4-5-13(12)21-14/h4-5,8-9H,3,6-7H2,1-2H3/p+1/b10-8+. The van der Waals surface area contributed by atoms with Crippen LogP contribution in [0.1, 0.15) is 18.4 Å². The number of thiazole rings is 1. The Bertz CT molecular complexity index is 812. The maximum atomic E-state index is 10.9. The second kappa shape index (κ2) is 7.31. The number of rotatable bonds is 6. The average molecular weight is 379 g/mol. The Morgan fingerprint density at radius 2 is 2.23 bits per heavy atom. The molecule has 1 aromatic carbocycles. The molecule has 0 spiro atoms. The first-order valence-electron chi connectivity index (χ1n) is 6.59. The molecule has 4 nitrogen and oxygen atoms in total. The normalized spacial score (nSPS) is 13.0. The van der Waals surface area contributed by atoms with E-state index in [0.717, 1.165) is 15.2 Å². The van der Waals surface area contributed by atoms with Crippen LogP contribution in [0.5, 0.6) is 0 Å². The van der Waals surface area contributed by atoms with Crippen LogP contribution in [0, 0.1) is 0 Å². The number of aryl methyl sites for hydroxylation is 1. The minimum Gasteiger partial charge on any atom is -0.286 e. The number of benzene rings is 1. The molecular weight excluding hydrogens is 362 g/mol. The Hall–Kier alpha value is -0.600. The number of halogens is 1. The Labute approximate surface area is 143 Å². The van der Waals surface area contributed by atoms with Gasteiger partial charge < -0.3 is 0 Å². The number of aromatic nitrogens is 1. The van der Waals surface area contributed by atoms with Crippen LogP contribution in [0.3, 0.4) is 0 Å². The van der Waals surface area contributed by atoms with Gasteiger partial charge in [-0.1, -0.05) is 22.9 Å². The highest BCUT2D eigenvalue weighted by Gasteiger charge is 2.20. The fourth-order valence-corrected chi connectivity index (χ4v) is 4.19. The lowest BCUT2D eigenvalue weighted by atomic mass is 10.3. The van der Waals surface area contributed by atoms with Crippen molar-refractivity contribution in [2.45, 2.75) is 19.9 Å². The Morgan fingerprint density at radius 3 is 2.86 bits per heavy atom. The number of hydrogen-bond donors (Lipinski definition) is 1. The fourth-order valence-electron chi connectivity index (χ4n) is 2.05. The Kier molecular flexibility index (Phi) is 5.90. The van der Waals surface area contributed by atoms with Gasteiger partial charge in [0.05, 0.1) is 5.75 Å². The van der Waals surface area contributed by atoms with E-state index in [9.17, 15) is 8.42 Å². The Morgan fingerprint density at radius 1 is 1.50 bits per heavy atom. The van der Waals surface area contributed by atoms with E-state index in [-0.39, 0.29) is 5.75 Å². The average Bonchev–Trinajstić information content (AvgIpc) is 2.75. The molecule has 0 radical (unpaired) electrons. The van der Waals surface area contributed by atoms with Gasteiger partial charge in [-0.05, 0) is 30.2 Å². The van der Waals surface area contributed by atoms with Gasteiger partial charge in [0.15, 0.2) is 6.54 Å². The lowest BCUT2D eigenvalue weighted by molar-refractivity contribution is -0.668. The molecule has 2 aromatic rings. The van der Waals surface area contributed by atoms with Gasteiger partial charge in [0.1, 0.15) is 4.70 Å². The first-order valence-corrected chi connectivity index (χ1v) is 10.6. The van der Waals surface area contributed by atoms with Crippen molar-refractivity contribution in [3.8, 4) is 0 Å². The molecule has 0 atom stereocenters. The molecule has 0 amide bonds. The number of nitrogens with zero attached hydrogens (tertiary/aromatic N) is 1. The van der Waals surface area contributed by atoms with Crippen molar-refractivity contribution in [3.63, 3.8) is 0 Å². The molecule has 0 aliphatic heterocycles. The summed E-state index contributed by atoms with van der Waals surface area (Å²) in [7, 11) is -3.93. The predicted octanol–water partition coefficient (Wildman–Crippen LogP) is 3.84. The quantitative estimate of drug-likeness (QED) is 0.612. The zero-order valence-electron chi connectivity index (χ0n) is 12.2. The highest BCUT2D eigenvalue weighted by molar-refractivity contribution is 8.02. The van der Waals surface area contributed by atoms with Crippen molar-refractivity contribution in [2.24, 2.45) is 0 Å². The third kappa shape index (κ3) is 4.70. The van der Waals surface area contributed by atoms with Gasteiger partial charge in [0, 0.05) is 23.6 Å². The van der Waals surface area contributed by atoms with E-state index in [2.05, 4.69) is 10.6 Å². The summed E-state index contributed by atoms with van der Waals surface area (Å²) in [6.45, 7) is 2.54. The largest absolute Gasteiger partial charge is 0.286 e. The van der Waals surface area contributed by atoms with Gasteiger partial charge in [-0.2, -0.15) is 13.0 Å². The monoisotopic (exact) mass is 378 g/mol. The lowest BCUT2D eigenvalue weighted by Crippen LogP contribution is -2.36. The minimum absolute atomic E-state index is 0.247. The molecule has 0 saturated heterocycles. The van der Waals surface area contributed by atoms with E-state index in [1.165, 1.54) is 4.91 Å². The van der Waals surface area contributed by atoms with E-state index in [4.69, 9.17) is 16.2 Å². The summed E-state index contributed by atoms with van der Waals surface area (Å²) in [6.07, 6.45) is 4.44. The van der Waals surface area contributed by atoms with Crippen LogP contribution in [-0.2, 0) is 16.7 Å². The SMILES string of the molecule is CS/C(C)=C/c1sc2ccc(Cl)cc2[n+]1CCCS(=O)(=O)O. The van der Waals surface area contributed by atoms with Gasteiger partial charge in [-0.25, -0.2) is 0 Å². The number of fused-ring (bicyclic) bond motifs is 1. The molecule has 120 valence electrons. The van der Waals surface area contributed by atoms with Crippen molar-refractivity contribution in [1.82, 2.24) is 0 Å². The molecule has 8 heteroatoms. The van der Waals surface area contributed by atoms with E-state index in [1.807, 2.05) is 31.4 Å². The molecule has 0 fully saturated rings. The second-order valence-corrected chi connectivity index (χ2v) is 8.93. The van der Waals surface area contributed by atoms with E-state index in [1.54, 1.807) is 23.1 Å². The summed E-state index contributed by atoms with van der Waals surface area (Å²) in [5, 5.41) is 1.69. The van der Waals surface area contributed by atoms with Crippen LogP contribution in [0.25, 0.3) is 16.3 Å². The lowest BCUT2D eigenvalue weighted by Gasteiger charge is -1.98. The first-order chi connectivity index (χ1) is 10.3. The van der Waals surface area contributed by atoms with Crippen LogP contribution in [-0.4, -0.2) is 25.0 Å². The van der Waals surface area contributed by atoms with Crippen LogP contribution in [0.4, 0.5) is 0 Å². The molecule has 1 N–H and O–H groups in total. The zero-order valence-corrected chi connectivity index (χ0v) is 15.4. The first kappa shape index (κ1) is 17.7. The van der Waals surface area contributed by atoms with Gasteiger partial charge >= 0.3 is 0 Å². The smallest absolute Gasteiger partial charge is 0.265 e. The molecule has 1 aromatic heterocycles. The summed E-state index contributed by atoms with van der Waals surface area (Å²) >= 11 is 9.37. The molecule has 0 bridgehead atoms. The maximum absolute atomic E-state index is 10.9. The van der Waals surface area contributed by atoms with E-state index in [0.29, 0.717) is 18.0 Å². The fraction of sp³-hybridized carbons (Fsp3) is 0.357. The van der Waals surface area contributed by atoms with Gasteiger partial charge in [-0.3, -0.25) is 4.55 Å². The van der Waals surface area contributed by atoms with E-state index >= 15 is 0 Å². The maximum Gasteiger partial charge on any atom is 0.265 e. The van der Waals surface area contributed by atoms with Crippen molar-refractivity contribution < 1.29 is 17.5 Å². The van der Waals surface area contributed by atoms with Crippen molar-refractivity contribution in [3.05, 3.63) is 33.1 Å². The van der Waals surface area contributed by atoms with E-state index < -0.39 is 10.1 Å². The van der Waals surface area contributed by atoms with Gasteiger partial charge in [0.25, 0.3) is 15.1 Å². The second-order valence-electron chi connectivity index (χ2n) is 4.80. The summed E-state index contributed by atoms with van der Waals surface area (Å²) in [4.78, 5) is 1.17. The number of hydrogen-bond acceptors (Lipinski definition) is 4. The van der Waals surface area contributed by atoms with Crippen molar-refractivity contribution >= 4 is 61.1 Å². The highest BCUT2D eigenvalue weighted by atomic mass is 35.5. The number of allylic oxidation sites excluding steroid dienone is 1. The molecule has 1 heterocycles. The van der Waals surface area contributed by atoms with Crippen LogP contribution in [0.15, 0.2) is 23.1 Å². The van der Waals surface area contributed by atoms with Crippen LogP contribution >= 0.6 is 34.7 Å². The summed E-state index contributed by atoms with van der Waals surface area (Å²) < 4.78 is 33.8. The van der Waals surface area contributed by atoms with Crippen LogP contribution < -0.4 is 4.57 Å². The van der Waals surface area contributed by atoms with Crippen molar-refractivity contribution in [2.75, 3.05) is 12.0 Å². The topological polar surface area (TPSA) is 58.2 Å². The zero-order chi connectivity index (χ0) is 16.3. The molecule has 0 aliphatic rings. The minimum atomic E-state index is -3.93. The Balaban J connectivity index is 2.42. The highest BCUT2D eigenvalue weighted by Crippen LogP contribution is 2.26. The summed E-state index contributed by atoms with van der Waals surface area (Å²) in [5.41, 5.74) is 0.980. The summed E-state index contributed by atoms with van der Waals surface area (Å²) in [6, 6.07) is 5.69. The molecule has 0 aliphatic carbocycles. The molecular formula is C14H17ClNO3S3+. The third-order valence-corrected chi connectivity index (χ3v) is 6.04. The van der Waals surface area contributed by atoms with Crippen LogP contribution in [0.2, 0.25) is 5.02 Å². The molecule has 22 heavy (non-hydrogen) atoms. The third-order valence-electron chi connectivity index (χ3n) is 3.13. The summed E-state index contributed by atoms with van der Waals surface area (Å²) in [5.74, 6) is -0.247. The molecule has 2 rings (SSSR count). The van der Waals surface area contributed by atoms with Crippen molar-refractivity contribution in [1.29, 1.82) is 0 Å². The predicted molar refractivity (Wildman–Crippen MR) is 95.2 cm³/mol. The molecule has 0 unspecified atom stereocenters. The van der Waals surface area contributed by atoms with Gasteiger partial charge in [-0.15, -0.1) is 11.8 Å². The van der Waals surface area contributed by atoms with Gasteiger partial charge in [0.2, 0.25) is 5.52 Å².